The van der Waals surface area contributed by atoms with Crippen LogP contribution in [-0.2, 0) is 6.54 Å². The van der Waals surface area contributed by atoms with Gasteiger partial charge in [-0.1, -0.05) is 30.3 Å². The van der Waals surface area contributed by atoms with Crippen LogP contribution in [0.25, 0.3) is 0 Å². The van der Waals surface area contributed by atoms with Gasteiger partial charge >= 0.3 is 6.18 Å². The van der Waals surface area contributed by atoms with Crippen molar-refractivity contribution in [2.24, 2.45) is 5.92 Å². The molecule has 0 amide bonds. The third kappa shape index (κ3) is 3.23. The van der Waals surface area contributed by atoms with Crippen LogP contribution < -0.4 is 0 Å². The van der Waals surface area contributed by atoms with Gasteiger partial charge in [-0.3, -0.25) is 15.0 Å². The predicted molar refractivity (Wildman–Crippen MR) is 62.0 cm³/mol. The Labute approximate surface area is 108 Å². The maximum atomic E-state index is 12.8. The highest BCUT2D eigenvalue weighted by Crippen LogP contribution is 2.35. The highest BCUT2D eigenvalue weighted by atomic mass is 19.4. The average Bonchev–Trinajstić information content (AvgIpc) is 2.74. The Bertz CT molecular complexity index is 450. The second kappa shape index (κ2) is 5.16. The first-order valence-corrected chi connectivity index (χ1v) is 5.84. The van der Waals surface area contributed by atoms with Crippen LogP contribution in [0.4, 0.5) is 13.2 Å². The lowest BCUT2D eigenvalue weighted by atomic mass is 10.0. The molecule has 104 valence electrons. The summed E-state index contributed by atoms with van der Waals surface area (Å²) in [6.45, 7) is -0.173. The van der Waals surface area contributed by atoms with Crippen molar-refractivity contribution in [3.8, 4) is 0 Å². The lowest BCUT2D eigenvalue weighted by Crippen LogP contribution is -2.37. The van der Waals surface area contributed by atoms with Crippen LogP contribution in [0.15, 0.2) is 30.3 Å². The number of hydrogen-bond donors (Lipinski definition) is 0. The molecule has 0 unspecified atom stereocenters. The molecule has 2 rings (SSSR count). The third-order valence-corrected chi connectivity index (χ3v) is 3.30. The summed E-state index contributed by atoms with van der Waals surface area (Å²) in [5, 5.41) is 10.7. The normalized spacial score (nSPS) is 24.6. The quantitative estimate of drug-likeness (QED) is 0.627. The maximum absolute atomic E-state index is 12.8. The molecule has 0 spiro atoms. The number of halogens is 3. The highest BCUT2D eigenvalue weighted by molar-refractivity contribution is 5.14. The van der Waals surface area contributed by atoms with Gasteiger partial charge in [0.25, 0.3) is 0 Å². The summed E-state index contributed by atoms with van der Waals surface area (Å²) in [6, 6.07) is 7.41. The van der Waals surface area contributed by atoms with E-state index in [2.05, 4.69) is 0 Å². The molecule has 7 heteroatoms. The molecule has 0 radical (unpaired) electrons. The Morgan fingerprint density at radius 2 is 1.89 bits per heavy atom. The average molecular weight is 274 g/mol. The Hall–Kier alpha value is -1.63. The fraction of sp³-hybridized carbons (Fsp3) is 0.500. The standard InChI is InChI=1S/C12H13F3N2O2/c13-12(14,15)10-7-16(8-11(10)17(18)19)6-9-4-2-1-3-5-9/h1-5,10-11H,6-8H2/t10-,11-/m1/s1. The molecule has 19 heavy (non-hydrogen) atoms. The van der Waals surface area contributed by atoms with Crippen LogP contribution >= 0.6 is 0 Å². The van der Waals surface area contributed by atoms with Gasteiger partial charge < -0.3 is 0 Å². The smallest absolute Gasteiger partial charge is 0.292 e. The van der Waals surface area contributed by atoms with E-state index in [0.29, 0.717) is 6.54 Å². The molecule has 0 N–H and O–H groups in total. The van der Waals surface area contributed by atoms with Crippen molar-refractivity contribution in [1.82, 2.24) is 4.90 Å². The number of likely N-dealkylation sites (tertiary alicyclic amines) is 1. The fourth-order valence-corrected chi connectivity index (χ4v) is 2.37. The molecule has 1 aliphatic heterocycles. The van der Waals surface area contributed by atoms with Gasteiger partial charge in [0.2, 0.25) is 6.04 Å². The Kier molecular flexibility index (Phi) is 3.75. The summed E-state index contributed by atoms with van der Waals surface area (Å²) in [7, 11) is 0. The summed E-state index contributed by atoms with van der Waals surface area (Å²) < 4.78 is 38.3. The zero-order valence-corrected chi connectivity index (χ0v) is 10.0. The van der Waals surface area contributed by atoms with E-state index in [1.807, 2.05) is 6.07 Å². The lowest BCUT2D eigenvalue weighted by Gasteiger charge is -2.16. The second-order valence-electron chi connectivity index (χ2n) is 4.68. The van der Waals surface area contributed by atoms with Crippen molar-refractivity contribution in [3.05, 3.63) is 46.0 Å². The molecule has 1 fully saturated rings. The van der Waals surface area contributed by atoms with Crippen molar-refractivity contribution >= 4 is 0 Å². The third-order valence-electron chi connectivity index (χ3n) is 3.30. The van der Waals surface area contributed by atoms with Gasteiger partial charge in [0.05, 0.1) is 6.54 Å². The molecule has 1 aliphatic rings. The molecule has 1 saturated heterocycles. The molecule has 0 bridgehead atoms. The van der Waals surface area contributed by atoms with E-state index in [4.69, 9.17) is 0 Å². The number of nitrogens with zero attached hydrogens (tertiary/aromatic N) is 2. The van der Waals surface area contributed by atoms with E-state index < -0.39 is 23.1 Å². The topological polar surface area (TPSA) is 46.4 Å². The van der Waals surface area contributed by atoms with Crippen LogP contribution in [0.1, 0.15) is 5.56 Å². The highest BCUT2D eigenvalue weighted by Gasteiger charge is 2.55. The van der Waals surface area contributed by atoms with Crippen molar-refractivity contribution in [1.29, 1.82) is 0 Å². The van der Waals surface area contributed by atoms with Crippen LogP contribution in [-0.4, -0.2) is 35.1 Å². The summed E-state index contributed by atoms with van der Waals surface area (Å²) in [4.78, 5) is 11.4. The first-order valence-electron chi connectivity index (χ1n) is 5.84. The summed E-state index contributed by atoms with van der Waals surface area (Å²) in [5.74, 6) is -1.88. The first-order chi connectivity index (χ1) is 8.88. The number of benzene rings is 1. The molecule has 1 aromatic rings. The number of hydrogen-bond acceptors (Lipinski definition) is 3. The maximum Gasteiger partial charge on any atom is 0.399 e. The monoisotopic (exact) mass is 274 g/mol. The van der Waals surface area contributed by atoms with Crippen molar-refractivity contribution in [3.63, 3.8) is 0 Å². The van der Waals surface area contributed by atoms with E-state index in [1.165, 1.54) is 4.90 Å². The molecule has 4 nitrogen and oxygen atoms in total. The van der Waals surface area contributed by atoms with Crippen molar-refractivity contribution in [2.75, 3.05) is 13.1 Å². The molecule has 1 aromatic carbocycles. The lowest BCUT2D eigenvalue weighted by molar-refractivity contribution is -0.534. The number of nitro groups is 1. The van der Waals surface area contributed by atoms with Gasteiger partial charge in [0.15, 0.2) is 0 Å². The Balaban J connectivity index is 2.08. The minimum Gasteiger partial charge on any atom is -0.292 e. The van der Waals surface area contributed by atoms with E-state index in [9.17, 15) is 23.3 Å². The van der Waals surface area contributed by atoms with Gasteiger partial charge in [-0.05, 0) is 5.56 Å². The van der Waals surface area contributed by atoms with E-state index >= 15 is 0 Å². The minimum absolute atomic E-state index is 0.161. The second-order valence-corrected chi connectivity index (χ2v) is 4.68. The van der Waals surface area contributed by atoms with E-state index in [-0.39, 0.29) is 13.1 Å². The van der Waals surface area contributed by atoms with Crippen molar-refractivity contribution < 1.29 is 18.1 Å². The zero-order valence-electron chi connectivity index (χ0n) is 10.0. The minimum atomic E-state index is -4.52. The van der Waals surface area contributed by atoms with Gasteiger partial charge in [-0.25, -0.2) is 0 Å². The van der Waals surface area contributed by atoms with Gasteiger partial charge in [0.1, 0.15) is 5.92 Å². The van der Waals surface area contributed by atoms with Crippen LogP contribution in [0.2, 0.25) is 0 Å². The summed E-state index contributed by atoms with van der Waals surface area (Å²) in [6.07, 6.45) is -4.52. The predicted octanol–water partition coefficient (Wildman–Crippen LogP) is 2.33. The molecule has 2 atom stereocenters. The number of rotatable bonds is 3. The fourth-order valence-electron chi connectivity index (χ4n) is 2.37. The van der Waals surface area contributed by atoms with Crippen LogP contribution in [0, 0.1) is 16.0 Å². The SMILES string of the molecule is O=[N+]([O-])[C@@H]1CN(Cc2ccccc2)C[C@H]1C(F)(F)F. The van der Waals surface area contributed by atoms with E-state index in [1.54, 1.807) is 24.3 Å². The van der Waals surface area contributed by atoms with Gasteiger partial charge in [-0.2, -0.15) is 13.2 Å². The van der Waals surface area contributed by atoms with Gasteiger partial charge in [-0.15, -0.1) is 0 Å². The molecule has 0 aliphatic carbocycles. The molecule has 0 saturated carbocycles. The molecular formula is C12H13F3N2O2. The Morgan fingerprint density at radius 3 is 2.37 bits per heavy atom. The molecule has 0 aromatic heterocycles. The van der Waals surface area contributed by atoms with E-state index in [0.717, 1.165) is 5.56 Å². The van der Waals surface area contributed by atoms with Crippen LogP contribution in [0.3, 0.4) is 0 Å². The molecular weight excluding hydrogens is 261 g/mol. The van der Waals surface area contributed by atoms with Gasteiger partial charge in [0, 0.05) is 18.0 Å². The summed E-state index contributed by atoms with van der Waals surface area (Å²) >= 11 is 0. The largest absolute Gasteiger partial charge is 0.399 e. The number of alkyl halides is 3. The summed E-state index contributed by atoms with van der Waals surface area (Å²) in [5.41, 5.74) is 0.854. The van der Waals surface area contributed by atoms with Crippen molar-refractivity contribution in [2.45, 2.75) is 18.8 Å². The zero-order chi connectivity index (χ0) is 14.0. The van der Waals surface area contributed by atoms with Crippen LogP contribution in [0.5, 0.6) is 0 Å². The first kappa shape index (κ1) is 13.8. The molecule has 1 heterocycles. The Morgan fingerprint density at radius 1 is 1.26 bits per heavy atom.